The molecule has 5 fully saturated rings. The number of urea groups is 1. The molecule has 0 aromatic carbocycles. The number of alkyl halides is 2. The Hall–Kier alpha value is -0.450. The van der Waals surface area contributed by atoms with Crippen LogP contribution in [0.4, 0.5) is 4.79 Å². The molecule has 5 aliphatic heterocycles. The first-order valence-corrected chi connectivity index (χ1v) is 6.73. The Bertz CT molecular complexity index is 503. The number of carbonyl (C=O) groups is 2. The monoisotopic (exact) mass is 354 g/mol. The third-order valence-corrected chi connectivity index (χ3v) is 5.02. The van der Waals surface area contributed by atoms with E-state index in [2.05, 4.69) is 21.2 Å². The highest BCUT2D eigenvalue weighted by Gasteiger charge is 2.77. The van der Waals surface area contributed by atoms with Crippen LogP contribution in [0.15, 0.2) is 0 Å². The van der Waals surface area contributed by atoms with Crippen LogP contribution in [0.3, 0.4) is 0 Å². The highest BCUT2D eigenvalue weighted by Crippen LogP contribution is 2.55. The Morgan fingerprint density at radius 3 is 3.00 bits per heavy atom. The molecule has 0 aromatic rings. The first-order valence-electron chi connectivity index (χ1n) is 5.56. The summed E-state index contributed by atoms with van der Waals surface area (Å²) in [6.07, 6.45) is -3.22. The van der Waals surface area contributed by atoms with E-state index in [1.54, 1.807) is 0 Å². The number of aliphatic hydroxyl groups is 1. The molecule has 5 rings (SSSR count). The van der Waals surface area contributed by atoms with Crippen LogP contribution < -0.4 is 5.32 Å². The van der Waals surface area contributed by atoms with E-state index < -0.39 is 46.2 Å². The van der Waals surface area contributed by atoms with E-state index in [4.69, 9.17) is 25.8 Å². The average Bonchev–Trinajstić information content (AvgIpc) is 2.65. The SMILES string of the molecule is O=C1NC(=O)[C@@](Cl)(Br)[C@]23OC[C@H]4O[C@H]([C@@H](O2)[C@@H]4O)N13. The minimum absolute atomic E-state index is 0.0364. The third-order valence-electron chi connectivity index (χ3n) is 3.74. The van der Waals surface area contributed by atoms with Crippen LogP contribution in [-0.2, 0) is 19.0 Å². The number of nitrogens with one attached hydrogen (secondary N) is 1. The molecule has 5 saturated heterocycles. The number of ether oxygens (including phenoxy) is 3. The lowest BCUT2D eigenvalue weighted by Gasteiger charge is -2.45. The maximum Gasteiger partial charge on any atom is 0.330 e. The molecular formula is C9H8BrClN2O6. The number of rotatable bonds is 0. The average molecular weight is 356 g/mol. The molecule has 0 unspecified atom stereocenters. The highest BCUT2D eigenvalue weighted by atomic mass is 79.9. The van der Waals surface area contributed by atoms with Crippen LogP contribution in [0.25, 0.3) is 0 Å². The van der Waals surface area contributed by atoms with E-state index in [1.165, 1.54) is 0 Å². The van der Waals surface area contributed by atoms with Gasteiger partial charge in [0, 0.05) is 0 Å². The predicted molar refractivity (Wildman–Crippen MR) is 61.1 cm³/mol. The summed E-state index contributed by atoms with van der Waals surface area (Å²) >= 11 is 9.22. The molecule has 10 heteroatoms. The summed E-state index contributed by atoms with van der Waals surface area (Å²) in [5.74, 6) is -2.61. The number of halogens is 2. The van der Waals surface area contributed by atoms with Gasteiger partial charge in [-0.25, -0.2) is 9.69 Å². The normalized spacial score (nSPS) is 55.2. The summed E-state index contributed by atoms with van der Waals surface area (Å²) in [5, 5.41) is 12.1. The summed E-state index contributed by atoms with van der Waals surface area (Å²) in [6, 6.07) is -0.733. The third kappa shape index (κ3) is 1.20. The van der Waals surface area contributed by atoms with E-state index in [9.17, 15) is 14.7 Å². The Balaban J connectivity index is 1.91. The van der Waals surface area contributed by atoms with Gasteiger partial charge in [0.2, 0.25) is 0 Å². The van der Waals surface area contributed by atoms with Gasteiger partial charge in [-0.2, -0.15) is 0 Å². The fourth-order valence-electron chi connectivity index (χ4n) is 2.84. The molecule has 3 amide bonds. The van der Waals surface area contributed by atoms with Gasteiger partial charge in [-0.15, -0.1) is 0 Å². The Labute approximate surface area is 120 Å². The largest absolute Gasteiger partial charge is 0.387 e. The summed E-state index contributed by atoms with van der Waals surface area (Å²) in [7, 11) is 0. The fraction of sp³-hybridized carbons (Fsp3) is 0.778. The van der Waals surface area contributed by atoms with Crippen molar-refractivity contribution in [1.82, 2.24) is 10.2 Å². The number of hydrogen-bond donors (Lipinski definition) is 2. The van der Waals surface area contributed by atoms with Crippen LogP contribution >= 0.6 is 27.5 Å². The first-order chi connectivity index (χ1) is 8.88. The summed E-state index contributed by atoms with van der Waals surface area (Å²) in [4.78, 5) is 25.0. The van der Waals surface area contributed by atoms with Crippen molar-refractivity contribution >= 4 is 39.5 Å². The van der Waals surface area contributed by atoms with Gasteiger partial charge in [-0.1, -0.05) is 11.6 Å². The van der Waals surface area contributed by atoms with Crippen molar-refractivity contribution in [2.24, 2.45) is 0 Å². The van der Waals surface area contributed by atoms with Crippen LogP contribution in [-0.4, -0.2) is 62.8 Å². The van der Waals surface area contributed by atoms with Crippen LogP contribution in [0.5, 0.6) is 0 Å². The second-order valence-electron chi connectivity index (χ2n) is 4.73. The van der Waals surface area contributed by atoms with Crippen LogP contribution in [0.1, 0.15) is 0 Å². The van der Waals surface area contributed by atoms with E-state index in [0.29, 0.717) is 0 Å². The highest BCUT2D eigenvalue weighted by molar-refractivity contribution is 9.10. The summed E-state index contributed by atoms with van der Waals surface area (Å²) < 4.78 is 14.8. The second kappa shape index (κ2) is 3.41. The second-order valence-corrected chi connectivity index (χ2v) is 6.95. The zero-order chi connectivity index (χ0) is 13.6. The topological polar surface area (TPSA) is 97.3 Å². The van der Waals surface area contributed by atoms with Crippen molar-refractivity contribution in [1.29, 1.82) is 0 Å². The zero-order valence-electron chi connectivity index (χ0n) is 9.21. The van der Waals surface area contributed by atoms with Gasteiger partial charge in [0.1, 0.15) is 18.3 Å². The molecule has 19 heavy (non-hydrogen) atoms. The lowest BCUT2D eigenvalue weighted by molar-refractivity contribution is -0.270. The van der Waals surface area contributed by atoms with E-state index >= 15 is 0 Å². The number of aliphatic hydroxyl groups excluding tert-OH is 1. The number of amides is 3. The molecule has 0 radical (unpaired) electrons. The Kier molecular flexibility index (Phi) is 2.21. The minimum atomic E-state index is -1.82. The van der Waals surface area contributed by atoms with Crippen molar-refractivity contribution in [3.8, 4) is 0 Å². The zero-order valence-corrected chi connectivity index (χ0v) is 11.6. The molecular weight excluding hydrogens is 347 g/mol. The molecule has 1 spiro atoms. The van der Waals surface area contributed by atoms with Crippen LogP contribution in [0, 0.1) is 0 Å². The lowest BCUT2D eigenvalue weighted by Crippen LogP contribution is -2.73. The van der Waals surface area contributed by atoms with Crippen molar-refractivity contribution < 1.29 is 28.9 Å². The standard InChI is InChI=1S/C9H8BrClN2O6/c10-8(11)6(15)12-7(16)13-5-4-3(14)2(18-5)1-17-9(8,13)19-4/h2-5,14H,1H2,(H,12,15,16)/t2-,3-,4+,5-,8+,9+/m1/s1. The Morgan fingerprint density at radius 2 is 2.26 bits per heavy atom. The number of carbonyl (C=O) groups excluding carboxylic acids is 2. The van der Waals surface area contributed by atoms with Crippen molar-refractivity contribution in [3.63, 3.8) is 0 Å². The maximum absolute atomic E-state index is 12.0. The lowest BCUT2D eigenvalue weighted by atomic mass is 10.1. The molecule has 0 aromatic heterocycles. The molecule has 0 aliphatic carbocycles. The molecule has 5 heterocycles. The van der Waals surface area contributed by atoms with E-state index in [0.717, 1.165) is 4.90 Å². The number of hydrogen-bond acceptors (Lipinski definition) is 6. The van der Waals surface area contributed by atoms with Gasteiger partial charge in [0.05, 0.1) is 6.61 Å². The molecule has 0 saturated carbocycles. The molecule has 104 valence electrons. The molecule has 4 bridgehead atoms. The summed E-state index contributed by atoms with van der Waals surface area (Å²) in [6.45, 7) is -0.0364. The van der Waals surface area contributed by atoms with Gasteiger partial charge in [0.25, 0.3) is 15.6 Å². The van der Waals surface area contributed by atoms with E-state index in [1.807, 2.05) is 0 Å². The van der Waals surface area contributed by atoms with Crippen LogP contribution in [0.2, 0.25) is 0 Å². The fourth-order valence-corrected chi connectivity index (χ4v) is 3.58. The quantitative estimate of drug-likeness (QED) is 0.543. The molecule has 6 atom stereocenters. The predicted octanol–water partition coefficient (Wildman–Crippen LogP) is -0.963. The number of imide groups is 1. The van der Waals surface area contributed by atoms with Gasteiger partial charge in [0.15, 0.2) is 6.23 Å². The van der Waals surface area contributed by atoms with Crippen molar-refractivity contribution in [3.05, 3.63) is 0 Å². The number of fused-ring (bicyclic) bond motifs is 1. The molecule has 8 nitrogen and oxygen atoms in total. The smallest absolute Gasteiger partial charge is 0.330 e. The summed E-state index contributed by atoms with van der Waals surface area (Å²) in [5.41, 5.74) is 0. The van der Waals surface area contributed by atoms with Crippen molar-refractivity contribution in [2.45, 2.75) is 34.2 Å². The number of nitrogens with zero attached hydrogens (tertiary/aromatic N) is 1. The first kappa shape index (κ1) is 12.3. The van der Waals surface area contributed by atoms with Gasteiger partial charge < -0.3 is 19.3 Å². The minimum Gasteiger partial charge on any atom is -0.387 e. The Morgan fingerprint density at radius 1 is 1.53 bits per heavy atom. The van der Waals surface area contributed by atoms with Gasteiger partial charge >= 0.3 is 6.03 Å². The van der Waals surface area contributed by atoms with Crippen molar-refractivity contribution in [2.75, 3.05) is 6.61 Å². The molecule has 5 aliphatic rings. The molecule has 2 N–H and O–H groups in total. The maximum atomic E-state index is 12.0. The van der Waals surface area contributed by atoms with Gasteiger partial charge in [-0.3, -0.25) is 10.1 Å². The van der Waals surface area contributed by atoms with E-state index in [-0.39, 0.29) is 6.61 Å². The van der Waals surface area contributed by atoms with Gasteiger partial charge in [-0.05, 0) is 15.9 Å².